The first kappa shape index (κ1) is 16.2. The van der Waals surface area contributed by atoms with E-state index in [2.05, 4.69) is 4.84 Å². The molecule has 90 valence electrons. The monoisotopic (exact) mass is 224 g/mol. The van der Waals surface area contributed by atoms with Crippen LogP contribution in [0.15, 0.2) is 0 Å². The summed E-state index contributed by atoms with van der Waals surface area (Å²) in [4.78, 5) is 23.8. The van der Waals surface area contributed by atoms with Gasteiger partial charge in [0.15, 0.2) is 0 Å². The second kappa shape index (κ2) is 10.8. The van der Waals surface area contributed by atoms with Gasteiger partial charge in [-0.3, -0.25) is 4.79 Å². The molecule has 15 heavy (non-hydrogen) atoms. The summed E-state index contributed by atoms with van der Waals surface area (Å²) in [5.74, 6) is -0.989. The van der Waals surface area contributed by atoms with E-state index in [1.165, 1.54) is 0 Å². The summed E-state index contributed by atoms with van der Waals surface area (Å²) in [6.07, 6.45) is 1.08. The standard InChI is InChI=1S/C5H10N2O4.C2H6O2/c1-2-3-4(6)5(8)11-7(9)10;3-1-2-4/h4H,2-3,6H2,1H3;3-4H,1-2H2/t4-;/m0./s1. The van der Waals surface area contributed by atoms with E-state index >= 15 is 0 Å². The maximum Gasteiger partial charge on any atom is 0.320 e. The zero-order valence-corrected chi connectivity index (χ0v) is 8.46. The summed E-state index contributed by atoms with van der Waals surface area (Å²) < 4.78 is 0. The predicted molar refractivity (Wildman–Crippen MR) is 50.1 cm³/mol. The molecular formula is C7H16N2O6. The Labute approximate surface area is 86.7 Å². The molecule has 0 radical (unpaired) electrons. The lowest BCUT2D eigenvalue weighted by molar-refractivity contribution is -0.729. The largest absolute Gasteiger partial charge is 0.394 e. The molecule has 0 aliphatic rings. The maximum absolute atomic E-state index is 10.6. The third-order valence-electron chi connectivity index (χ3n) is 1.17. The van der Waals surface area contributed by atoms with Crippen LogP contribution in [0.2, 0.25) is 0 Å². The minimum absolute atomic E-state index is 0.125. The highest BCUT2D eigenvalue weighted by molar-refractivity contribution is 5.74. The molecule has 0 saturated carbocycles. The molecule has 4 N–H and O–H groups in total. The van der Waals surface area contributed by atoms with Crippen molar-refractivity contribution >= 4 is 5.97 Å². The highest BCUT2D eigenvalue weighted by Gasteiger charge is 2.15. The van der Waals surface area contributed by atoms with Gasteiger partial charge in [-0.15, -0.1) is 10.1 Å². The number of hydrogen-bond donors (Lipinski definition) is 3. The van der Waals surface area contributed by atoms with E-state index in [-0.39, 0.29) is 13.2 Å². The van der Waals surface area contributed by atoms with Gasteiger partial charge in [-0.1, -0.05) is 13.3 Å². The van der Waals surface area contributed by atoms with Crippen LogP contribution in [-0.4, -0.2) is 40.5 Å². The zero-order chi connectivity index (χ0) is 12.3. The van der Waals surface area contributed by atoms with Crippen molar-refractivity contribution in [2.45, 2.75) is 25.8 Å². The lowest BCUT2D eigenvalue weighted by Gasteiger charge is -2.04. The minimum atomic E-state index is -1.15. The molecule has 0 saturated heterocycles. The summed E-state index contributed by atoms with van der Waals surface area (Å²) >= 11 is 0. The second-order valence-electron chi connectivity index (χ2n) is 2.48. The van der Waals surface area contributed by atoms with E-state index in [9.17, 15) is 14.9 Å². The molecular weight excluding hydrogens is 208 g/mol. The Morgan fingerprint density at radius 3 is 2.27 bits per heavy atom. The van der Waals surface area contributed by atoms with Gasteiger partial charge in [-0.2, -0.15) is 0 Å². The molecule has 0 aromatic heterocycles. The number of aliphatic hydroxyl groups excluding tert-OH is 2. The molecule has 8 heteroatoms. The Morgan fingerprint density at radius 1 is 1.53 bits per heavy atom. The van der Waals surface area contributed by atoms with Gasteiger partial charge in [-0.05, 0) is 6.42 Å². The Balaban J connectivity index is 0. The fourth-order valence-corrected chi connectivity index (χ4v) is 0.570. The number of carbonyl (C=O) groups is 1. The van der Waals surface area contributed by atoms with Crippen molar-refractivity contribution in [3.05, 3.63) is 10.1 Å². The highest BCUT2D eigenvalue weighted by atomic mass is 17.0. The van der Waals surface area contributed by atoms with Gasteiger partial charge in [0.25, 0.3) is 0 Å². The summed E-state index contributed by atoms with van der Waals surface area (Å²) in [6.45, 7) is 1.57. The van der Waals surface area contributed by atoms with Gasteiger partial charge in [0.2, 0.25) is 0 Å². The van der Waals surface area contributed by atoms with E-state index in [1.54, 1.807) is 0 Å². The number of nitrogens with zero attached hydrogens (tertiary/aromatic N) is 1. The van der Waals surface area contributed by atoms with Gasteiger partial charge >= 0.3 is 11.1 Å². The Bertz CT molecular complexity index is 184. The molecule has 8 nitrogen and oxygen atoms in total. The summed E-state index contributed by atoms with van der Waals surface area (Å²) in [5, 5.41) is 23.7. The van der Waals surface area contributed by atoms with Crippen LogP contribution in [0.1, 0.15) is 19.8 Å². The Morgan fingerprint density at radius 2 is 2.00 bits per heavy atom. The summed E-state index contributed by atoms with van der Waals surface area (Å²) in [7, 11) is 0. The first-order chi connectivity index (χ1) is 6.99. The molecule has 1 atom stereocenters. The summed E-state index contributed by atoms with van der Waals surface area (Å²) in [5.41, 5.74) is 5.20. The van der Waals surface area contributed by atoms with Crippen LogP contribution in [0.25, 0.3) is 0 Å². The van der Waals surface area contributed by atoms with Crippen molar-refractivity contribution in [2.75, 3.05) is 13.2 Å². The predicted octanol–water partition coefficient (Wildman–Crippen LogP) is -1.18. The van der Waals surface area contributed by atoms with Crippen LogP contribution in [0.4, 0.5) is 0 Å². The first-order valence-electron chi connectivity index (χ1n) is 4.33. The molecule has 0 fully saturated rings. The molecule has 0 aliphatic heterocycles. The lowest BCUT2D eigenvalue weighted by atomic mass is 10.2. The highest BCUT2D eigenvalue weighted by Crippen LogP contribution is 1.95. The van der Waals surface area contributed by atoms with E-state index in [0.29, 0.717) is 12.8 Å². The zero-order valence-electron chi connectivity index (χ0n) is 8.46. The SMILES string of the molecule is CCC[C@H](N)C(=O)O[N+](=O)[O-].OCCO. The number of hydrogen-bond acceptors (Lipinski definition) is 7. The Kier molecular flexibility index (Phi) is 11.7. The normalized spacial score (nSPS) is 10.9. The molecule has 0 bridgehead atoms. The van der Waals surface area contributed by atoms with E-state index in [1.807, 2.05) is 6.92 Å². The van der Waals surface area contributed by atoms with Gasteiger partial charge < -0.3 is 15.9 Å². The van der Waals surface area contributed by atoms with Crippen molar-refractivity contribution in [1.82, 2.24) is 0 Å². The molecule has 0 aliphatic carbocycles. The quantitative estimate of drug-likeness (QED) is 0.395. The lowest BCUT2D eigenvalue weighted by Crippen LogP contribution is -2.33. The van der Waals surface area contributed by atoms with Crippen LogP contribution < -0.4 is 5.73 Å². The van der Waals surface area contributed by atoms with E-state index < -0.39 is 17.1 Å². The molecule has 0 spiro atoms. The fraction of sp³-hybridized carbons (Fsp3) is 0.857. The van der Waals surface area contributed by atoms with Gasteiger partial charge in [0.05, 0.1) is 19.3 Å². The van der Waals surface area contributed by atoms with Crippen molar-refractivity contribution in [2.24, 2.45) is 5.73 Å². The number of carbonyl (C=O) groups excluding carboxylic acids is 1. The minimum Gasteiger partial charge on any atom is -0.394 e. The molecule has 0 aromatic carbocycles. The smallest absolute Gasteiger partial charge is 0.320 e. The first-order valence-corrected chi connectivity index (χ1v) is 4.33. The second-order valence-corrected chi connectivity index (χ2v) is 2.48. The van der Waals surface area contributed by atoms with Crippen LogP contribution in [0.5, 0.6) is 0 Å². The van der Waals surface area contributed by atoms with E-state index in [0.717, 1.165) is 0 Å². The average molecular weight is 224 g/mol. The number of nitrogens with two attached hydrogens (primary N) is 1. The fourth-order valence-electron chi connectivity index (χ4n) is 0.570. The Hall–Kier alpha value is -1.25. The number of rotatable bonds is 5. The third kappa shape index (κ3) is 12.8. The van der Waals surface area contributed by atoms with Crippen molar-refractivity contribution in [3.8, 4) is 0 Å². The number of aliphatic hydroxyl groups is 2. The van der Waals surface area contributed by atoms with Gasteiger partial charge in [0, 0.05) is 0 Å². The van der Waals surface area contributed by atoms with Crippen LogP contribution in [0, 0.1) is 10.1 Å². The van der Waals surface area contributed by atoms with Gasteiger partial charge in [0.1, 0.15) is 0 Å². The molecule has 0 unspecified atom stereocenters. The van der Waals surface area contributed by atoms with Crippen molar-refractivity contribution in [1.29, 1.82) is 0 Å². The topological polar surface area (TPSA) is 136 Å². The molecule has 0 heterocycles. The molecule has 0 amide bonds. The van der Waals surface area contributed by atoms with Crippen molar-refractivity contribution < 1.29 is 24.9 Å². The molecule has 0 aromatic rings. The van der Waals surface area contributed by atoms with Gasteiger partial charge in [-0.25, -0.2) is 4.84 Å². The third-order valence-corrected chi connectivity index (χ3v) is 1.17. The summed E-state index contributed by atoms with van der Waals surface area (Å²) in [6, 6.07) is -0.884. The van der Waals surface area contributed by atoms with Crippen LogP contribution >= 0.6 is 0 Å². The van der Waals surface area contributed by atoms with Crippen molar-refractivity contribution in [3.63, 3.8) is 0 Å². The molecule has 0 rings (SSSR count). The van der Waals surface area contributed by atoms with Crippen LogP contribution in [-0.2, 0) is 9.63 Å². The van der Waals surface area contributed by atoms with E-state index in [4.69, 9.17) is 15.9 Å². The average Bonchev–Trinajstić information content (AvgIpc) is 2.17. The van der Waals surface area contributed by atoms with Crippen LogP contribution in [0.3, 0.4) is 0 Å². The maximum atomic E-state index is 10.6.